The van der Waals surface area contributed by atoms with E-state index in [4.69, 9.17) is 5.11 Å². The van der Waals surface area contributed by atoms with Crippen LogP contribution in [0.15, 0.2) is 24.3 Å². The quantitative estimate of drug-likeness (QED) is 0.904. The number of carboxylic acids is 1. The molecule has 0 bridgehead atoms. The van der Waals surface area contributed by atoms with Gasteiger partial charge in [-0.1, -0.05) is 17.7 Å². The van der Waals surface area contributed by atoms with Crippen LogP contribution in [0.1, 0.15) is 31.2 Å². The van der Waals surface area contributed by atoms with Crippen LogP contribution in [0.2, 0.25) is 0 Å². The van der Waals surface area contributed by atoms with E-state index >= 15 is 0 Å². The van der Waals surface area contributed by atoms with Crippen molar-refractivity contribution in [2.24, 2.45) is 0 Å². The van der Waals surface area contributed by atoms with Crippen molar-refractivity contribution in [1.29, 1.82) is 0 Å². The minimum Gasteiger partial charge on any atom is -0.481 e. The van der Waals surface area contributed by atoms with Gasteiger partial charge in [-0.2, -0.15) is 0 Å². The zero-order valence-corrected chi connectivity index (χ0v) is 12.7. The molecule has 2 atom stereocenters. The van der Waals surface area contributed by atoms with Crippen LogP contribution in [-0.4, -0.2) is 47.7 Å². The van der Waals surface area contributed by atoms with Crippen LogP contribution in [0, 0.1) is 6.92 Å². The maximum Gasteiger partial charge on any atom is 0.305 e. The largest absolute Gasteiger partial charge is 0.481 e. The summed E-state index contributed by atoms with van der Waals surface area (Å²) in [6.45, 7) is 5.06. The van der Waals surface area contributed by atoms with Gasteiger partial charge < -0.3 is 10.0 Å². The predicted octanol–water partition coefficient (Wildman–Crippen LogP) is 2.51. The fourth-order valence-corrected chi connectivity index (χ4v) is 3.86. The summed E-state index contributed by atoms with van der Waals surface area (Å²) in [5, 5.41) is 9.05. The summed E-state index contributed by atoms with van der Waals surface area (Å²) in [6.07, 6.45) is 3.89. The van der Waals surface area contributed by atoms with Crippen molar-refractivity contribution >= 4 is 11.7 Å². The molecule has 21 heavy (non-hydrogen) atoms. The second-order valence-electron chi connectivity index (χ2n) is 6.27. The summed E-state index contributed by atoms with van der Waals surface area (Å²) < 4.78 is 0. The van der Waals surface area contributed by atoms with E-state index in [-0.39, 0.29) is 6.42 Å². The summed E-state index contributed by atoms with van der Waals surface area (Å²) >= 11 is 0. The van der Waals surface area contributed by atoms with Gasteiger partial charge in [0, 0.05) is 30.9 Å². The topological polar surface area (TPSA) is 43.8 Å². The molecule has 2 saturated heterocycles. The number of carboxylic acid groups (broad SMARTS) is 1. The monoisotopic (exact) mass is 288 g/mol. The number of rotatable bonds is 5. The van der Waals surface area contributed by atoms with Crippen molar-refractivity contribution in [3.8, 4) is 0 Å². The lowest BCUT2D eigenvalue weighted by Gasteiger charge is -2.34. The summed E-state index contributed by atoms with van der Waals surface area (Å²) in [4.78, 5) is 15.9. The molecule has 2 heterocycles. The Morgan fingerprint density at radius 2 is 2.05 bits per heavy atom. The highest BCUT2D eigenvalue weighted by Gasteiger charge is 2.40. The smallest absolute Gasteiger partial charge is 0.305 e. The lowest BCUT2D eigenvalue weighted by Crippen LogP contribution is -2.44. The van der Waals surface area contributed by atoms with E-state index in [2.05, 4.69) is 41.0 Å². The molecule has 0 saturated carbocycles. The summed E-state index contributed by atoms with van der Waals surface area (Å²) in [5.41, 5.74) is 2.41. The average molecular weight is 288 g/mol. The Bertz CT molecular complexity index is 500. The molecule has 1 aromatic rings. The zero-order chi connectivity index (χ0) is 14.8. The normalized spacial score (nSPS) is 25.0. The minimum absolute atomic E-state index is 0.205. The van der Waals surface area contributed by atoms with Gasteiger partial charge in [0.2, 0.25) is 0 Å². The van der Waals surface area contributed by atoms with E-state index in [9.17, 15) is 4.79 Å². The standard InChI is InChI=1S/C17H24N2O2/c1-13-4-6-14(7-5-13)19(12-9-17(20)21)16-8-11-18-10-2-3-15(16)18/h4-7,15-16H,2-3,8-12H2,1H3,(H,20,21). The van der Waals surface area contributed by atoms with Crippen LogP contribution >= 0.6 is 0 Å². The molecular formula is C17H24N2O2. The molecule has 2 aliphatic rings. The highest BCUT2D eigenvalue weighted by molar-refractivity contribution is 5.67. The van der Waals surface area contributed by atoms with Crippen molar-refractivity contribution in [2.45, 2.75) is 44.7 Å². The molecule has 0 radical (unpaired) electrons. The molecule has 0 aromatic heterocycles. The molecule has 2 unspecified atom stereocenters. The van der Waals surface area contributed by atoms with Gasteiger partial charge in [0.1, 0.15) is 0 Å². The Balaban J connectivity index is 1.81. The van der Waals surface area contributed by atoms with Gasteiger partial charge in [0.15, 0.2) is 0 Å². The van der Waals surface area contributed by atoms with E-state index in [1.165, 1.54) is 30.6 Å². The molecular weight excluding hydrogens is 264 g/mol. The fraction of sp³-hybridized carbons (Fsp3) is 0.588. The van der Waals surface area contributed by atoms with E-state index in [0.29, 0.717) is 18.6 Å². The second kappa shape index (κ2) is 6.06. The van der Waals surface area contributed by atoms with E-state index in [1.54, 1.807) is 0 Å². The first kappa shape index (κ1) is 14.4. The van der Waals surface area contributed by atoms with Gasteiger partial charge >= 0.3 is 5.97 Å². The van der Waals surface area contributed by atoms with Gasteiger partial charge in [0.25, 0.3) is 0 Å². The number of benzene rings is 1. The van der Waals surface area contributed by atoms with E-state index in [1.807, 2.05) is 0 Å². The molecule has 4 heteroatoms. The van der Waals surface area contributed by atoms with Crippen LogP contribution < -0.4 is 4.90 Å². The van der Waals surface area contributed by atoms with Crippen LogP contribution in [0.3, 0.4) is 0 Å². The first-order valence-corrected chi connectivity index (χ1v) is 7.94. The first-order valence-electron chi connectivity index (χ1n) is 7.94. The SMILES string of the molecule is Cc1ccc(N(CCC(=O)O)C2CCN3CCCC23)cc1. The third-order valence-corrected chi connectivity index (χ3v) is 4.90. The number of fused-ring (bicyclic) bond motifs is 1. The number of carbonyl (C=O) groups is 1. The summed E-state index contributed by atoms with van der Waals surface area (Å²) in [5.74, 6) is -0.714. The number of aliphatic carboxylic acids is 1. The molecule has 0 amide bonds. The molecule has 114 valence electrons. The molecule has 0 aliphatic carbocycles. The Morgan fingerprint density at radius 3 is 2.76 bits per heavy atom. The Morgan fingerprint density at radius 1 is 1.29 bits per heavy atom. The van der Waals surface area contributed by atoms with Gasteiger partial charge in [-0.3, -0.25) is 9.69 Å². The third-order valence-electron chi connectivity index (χ3n) is 4.90. The number of hydrogen-bond donors (Lipinski definition) is 1. The first-order chi connectivity index (χ1) is 10.1. The number of nitrogens with zero attached hydrogens (tertiary/aromatic N) is 2. The maximum atomic E-state index is 11.0. The minimum atomic E-state index is -0.714. The van der Waals surface area contributed by atoms with E-state index < -0.39 is 5.97 Å². The molecule has 4 nitrogen and oxygen atoms in total. The summed E-state index contributed by atoms with van der Waals surface area (Å²) in [7, 11) is 0. The van der Waals surface area contributed by atoms with E-state index in [0.717, 1.165) is 13.0 Å². The molecule has 2 fully saturated rings. The van der Waals surface area contributed by atoms with Crippen LogP contribution in [-0.2, 0) is 4.79 Å². The highest BCUT2D eigenvalue weighted by Crippen LogP contribution is 2.34. The Hall–Kier alpha value is -1.55. The van der Waals surface area contributed by atoms with Crippen LogP contribution in [0.4, 0.5) is 5.69 Å². The van der Waals surface area contributed by atoms with Gasteiger partial charge in [-0.15, -0.1) is 0 Å². The Labute approximate surface area is 126 Å². The molecule has 1 N–H and O–H groups in total. The van der Waals surface area contributed by atoms with Gasteiger partial charge in [0.05, 0.1) is 6.42 Å². The molecule has 0 spiro atoms. The summed E-state index contributed by atoms with van der Waals surface area (Å²) in [6, 6.07) is 9.58. The van der Waals surface area contributed by atoms with Gasteiger partial charge in [-0.05, 0) is 44.9 Å². The van der Waals surface area contributed by atoms with Crippen LogP contribution in [0.5, 0.6) is 0 Å². The molecule has 1 aromatic carbocycles. The fourth-order valence-electron chi connectivity index (χ4n) is 3.86. The molecule has 3 rings (SSSR count). The second-order valence-corrected chi connectivity index (χ2v) is 6.27. The van der Waals surface area contributed by atoms with Crippen molar-refractivity contribution in [2.75, 3.05) is 24.5 Å². The number of hydrogen-bond acceptors (Lipinski definition) is 3. The van der Waals surface area contributed by atoms with Crippen molar-refractivity contribution in [1.82, 2.24) is 4.90 Å². The lowest BCUT2D eigenvalue weighted by atomic mass is 10.0. The molecule has 2 aliphatic heterocycles. The maximum absolute atomic E-state index is 11.0. The van der Waals surface area contributed by atoms with Crippen molar-refractivity contribution in [3.63, 3.8) is 0 Å². The Kier molecular flexibility index (Phi) is 4.15. The van der Waals surface area contributed by atoms with Crippen molar-refractivity contribution < 1.29 is 9.90 Å². The van der Waals surface area contributed by atoms with Gasteiger partial charge in [-0.25, -0.2) is 0 Å². The number of anilines is 1. The van der Waals surface area contributed by atoms with Crippen molar-refractivity contribution in [3.05, 3.63) is 29.8 Å². The average Bonchev–Trinajstić information content (AvgIpc) is 3.04. The lowest BCUT2D eigenvalue weighted by molar-refractivity contribution is -0.136. The van der Waals surface area contributed by atoms with Crippen LogP contribution in [0.25, 0.3) is 0 Å². The third kappa shape index (κ3) is 3.05. The zero-order valence-electron chi connectivity index (χ0n) is 12.7. The predicted molar refractivity (Wildman–Crippen MR) is 83.8 cm³/mol. The number of aryl methyl sites for hydroxylation is 1. The highest BCUT2D eigenvalue weighted by atomic mass is 16.4.